The molecular weight excluding hydrogens is 422 g/mol. The molecule has 1 aliphatic heterocycles. The molecule has 2 aromatic carbocycles. The fourth-order valence-corrected chi connectivity index (χ4v) is 4.51. The van der Waals surface area contributed by atoms with Gasteiger partial charge in [-0.15, -0.1) is 11.3 Å². The number of carbonyl (C=O) groups excluding carboxylic acids is 2. The summed E-state index contributed by atoms with van der Waals surface area (Å²) < 4.78 is 5.81. The van der Waals surface area contributed by atoms with Gasteiger partial charge in [0.05, 0.1) is 6.42 Å². The summed E-state index contributed by atoms with van der Waals surface area (Å²) in [5, 5.41) is 5.21. The average Bonchev–Trinajstić information content (AvgIpc) is 3.18. The van der Waals surface area contributed by atoms with Gasteiger partial charge in [0.1, 0.15) is 10.8 Å². The lowest BCUT2D eigenvalue weighted by Gasteiger charge is -2.34. The molecule has 0 spiro atoms. The number of amides is 2. The molecule has 30 heavy (non-hydrogen) atoms. The molecule has 1 saturated heterocycles. The zero-order valence-electron chi connectivity index (χ0n) is 16.6. The predicted octanol–water partition coefficient (Wildman–Crippen LogP) is 3.55. The average molecular weight is 444 g/mol. The first kappa shape index (κ1) is 20.6. The van der Waals surface area contributed by atoms with Crippen LogP contribution in [-0.2, 0) is 16.0 Å². The van der Waals surface area contributed by atoms with Gasteiger partial charge in [0.15, 0.2) is 6.61 Å². The molecule has 0 unspecified atom stereocenters. The number of aryl methyl sites for hydroxylation is 1. The summed E-state index contributed by atoms with van der Waals surface area (Å²) in [5.41, 5.74) is 0.937. The molecule has 0 radical (unpaired) electrons. The molecule has 0 saturated carbocycles. The van der Waals surface area contributed by atoms with Crippen LogP contribution in [0.2, 0.25) is 5.02 Å². The number of halogens is 1. The number of rotatable bonds is 5. The van der Waals surface area contributed by atoms with Gasteiger partial charge in [0.25, 0.3) is 5.91 Å². The van der Waals surface area contributed by atoms with E-state index in [1.54, 1.807) is 21.9 Å². The lowest BCUT2D eigenvalue weighted by molar-refractivity contribution is -0.140. The highest BCUT2D eigenvalue weighted by atomic mass is 35.5. The van der Waals surface area contributed by atoms with E-state index < -0.39 is 0 Å². The number of piperazine rings is 1. The second-order valence-electron chi connectivity index (χ2n) is 7.20. The minimum absolute atomic E-state index is 0.0437. The van der Waals surface area contributed by atoms with Crippen molar-refractivity contribution < 1.29 is 14.3 Å². The van der Waals surface area contributed by atoms with Gasteiger partial charge in [-0.05, 0) is 19.1 Å². The van der Waals surface area contributed by atoms with Gasteiger partial charge in [-0.3, -0.25) is 9.59 Å². The highest BCUT2D eigenvalue weighted by Crippen LogP contribution is 2.31. The van der Waals surface area contributed by atoms with Gasteiger partial charge < -0.3 is 14.5 Å². The van der Waals surface area contributed by atoms with Crippen molar-refractivity contribution in [2.75, 3.05) is 32.8 Å². The summed E-state index contributed by atoms with van der Waals surface area (Å²) in [4.78, 5) is 33.0. The lowest BCUT2D eigenvalue weighted by Crippen LogP contribution is -2.52. The number of ether oxygens (including phenoxy) is 1. The van der Waals surface area contributed by atoms with Crippen molar-refractivity contribution in [3.63, 3.8) is 0 Å². The van der Waals surface area contributed by atoms with Crippen LogP contribution in [0.4, 0.5) is 0 Å². The van der Waals surface area contributed by atoms with Crippen LogP contribution in [0.3, 0.4) is 0 Å². The second-order valence-corrected chi connectivity index (χ2v) is 8.55. The number of hydrogen-bond acceptors (Lipinski definition) is 5. The van der Waals surface area contributed by atoms with Crippen molar-refractivity contribution in [3.05, 3.63) is 57.5 Å². The van der Waals surface area contributed by atoms with Crippen LogP contribution < -0.4 is 4.74 Å². The third-order valence-electron chi connectivity index (χ3n) is 5.14. The van der Waals surface area contributed by atoms with Crippen LogP contribution in [-0.4, -0.2) is 59.4 Å². The summed E-state index contributed by atoms with van der Waals surface area (Å²) in [6.07, 6.45) is 0.319. The standard InChI is InChI=1S/C22H22ClN3O3S/c1-15-14-30-20(24-15)12-21(27)25-8-10-26(11-9-25)22(28)13-29-19-7-6-18(23)16-4-2-3-5-17(16)19/h2-7,14H,8-13H2,1H3. The minimum atomic E-state index is -0.0864. The van der Waals surface area contributed by atoms with E-state index in [-0.39, 0.29) is 18.4 Å². The monoisotopic (exact) mass is 443 g/mol. The normalized spacial score (nSPS) is 14.2. The van der Waals surface area contributed by atoms with Gasteiger partial charge in [-0.25, -0.2) is 4.98 Å². The van der Waals surface area contributed by atoms with Crippen molar-refractivity contribution in [1.29, 1.82) is 0 Å². The quantitative estimate of drug-likeness (QED) is 0.605. The molecule has 6 nitrogen and oxygen atoms in total. The molecule has 2 amide bonds. The van der Waals surface area contributed by atoms with Crippen LogP contribution in [0.15, 0.2) is 41.8 Å². The topological polar surface area (TPSA) is 62.7 Å². The second kappa shape index (κ2) is 9.02. The lowest BCUT2D eigenvalue weighted by atomic mass is 10.1. The Morgan fingerprint density at radius 1 is 1.03 bits per heavy atom. The van der Waals surface area contributed by atoms with Crippen LogP contribution in [0, 0.1) is 6.92 Å². The summed E-state index contributed by atoms with van der Waals surface area (Å²) in [6, 6.07) is 11.2. The fraction of sp³-hybridized carbons (Fsp3) is 0.318. The number of carbonyl (C=O) groups is 2. The smallest absolute Gasteiger partial charge is 0.260 e. The summed E-state index contributed by atoms with van der Waals surface area (Å²) in [5.74, 6) is 0.605. The molecule has 2 heterocycles. The molecule has 156 valence electrons. The van der Waals surface area contributed by atoms with E-state index in [1.165, 1.54) is 11.3 Å². The van der Waals surface area contributed by atoms with E-state index in [2.05, 4.69) is 4.98 Å². The van der Waals surface area contributed by atoms with Crippen LogP contribution >= 0.6 is 22.9 Å². The Kier molecular flexibility index (Phi) is 6.20. The Morgan fingerprint density at radius 2 is 1.70 bits per heavy atom. The first-order valence-corrected chi connectivity index (χ1v) is 11.0. The summed E-state index contributed by atoms with van der Waals surface area (Å²) in [6.45, 7) is 3.94. The minimum Gasteiger partial charge on any atom is -0.483 e. The predicted molar refractivity (Wildman–Crippen MR) is 118 cm³/mol. The number of aromatic nitrogens is 1. The molecule has 0 aliphatic carbocycles. The van der Waals surface area contributed by atoms with Crippen molar-refractivity contribution >= 4 is 45.5 Å². The molecule has 4 rings (SSSR count). The zero-order valence-corrected chi connectivity index (χ0v) is 18.2. The maximum atomic E-state index is 12.6. The number of fused-ring (bicyclic) bond motifs is 1. The Balaban J connectivity index is 1.30. The van der Waals surface area contributed by atoms with E-state index in [0.29, 0.717) is 43.4 Å². The van der Waals surface area contributed by atoms with E-state index in [9.17, 15) is 9.59 Å². The molecule has 8 heteroatoms. The molecule has 3 aromatic rings. The first-order chi connectivity index (χ1) is 14.5. The summed E-state index contributed by atoms with van der Waals surface area (Å²) >= 11 is 7.74. The third-order valence-corrected chi connectivity index (χ3v) is 6.43. The van der Waals surface area contributed by atoms with Crippen molar-refractivity contribution in [3.8, 4) is 5.75 Å². The van der Waals surface area contributed by atoms with Gasteiger partial charge in [-0.1, -0.05) is 35.9 Å². The number of hydrogen-bond donors (Lipinski definition) is 0. The van der Waals surface area contributed by atoms with Gasteiger partial charge in [0, 0.05) is 53.0 Å². The molecule has 1 aromatic heterocycles. The van der Waals surface area contributed by atoms with E-state index in [1.807, 2.05) is 36.6 Å². The number of thiazole rings is 1. The van der Waals surface area contributed by atoms with Gasteiger partial charge >= 0.3 is 0 Å². The molecule has 0 bridgehead atoms. The van der Waals surface area contributed by atoms with Crippen molar-refractivity contribution in [1.82, 2.24) is 14.8 Å². The molecule has 0 N–H and O–H groups in total. The molecular formula is C22H22ClN3O3S. The third kappa shape index (κ3) is 4.57. The Labute approximate surface area is 184 Å². The number of nitrogens with zero attached hydrogens (tertiary/aromatic N) is 3. The Morgan fingerprint density at radius 3 is 2.37 bits per heavy atom. The Hall–Kier alpha value is -2.64. The Bertz CT molecular complexity index is 1080. The van der Waals surface area contributed by atoms with Crippen molar-refractivity contribution in [2.24, 2.45) is 0 Å². The molecule has 1 aliphatic rings. The fourth-order valence-electron chi connectivity index (χ4n) is 3.52. The molecule has 1 fully saturated rings. The van der Waals surface area contributed by atoms with E-state index >= 15 is 0 Å². The number of benzene rings is 2. The maximum Gasteiger partial charge on any atom is 0.260 e. The zero-order chi connectivity index (χ0) is 21.1. The van der Waals surface area contributed by atoms with Crippen LogP contribution in [0.5, 0.6) is 5.75 Å². The van der Waals surface area contributed by atoms with Crippen LogP contribution in [0.1, 0.15) is 10.7 Å². The van der Waals surface area contributed by atoms with Gasteiger partial charge in [0.2, 0.25) is 5.91 Å². The van der Waals surface area contributed by atoms with Gasteiger partial charge in [-0.2, -0.15) is 0 Å². The van der Waals surface area contributed by atoms with E-state index in [4.69, 9.17) is 16.3 Å². The summed E-state index contributed by atoms with van der Waals surface area (Å²) in [7, 11) is 0. The molecule has 0 atom stereocenters. The maximum absolute atomic E-state index is 12.6. The largest absolute Gasteiger partial charge is 0.483 e. The SMILES string of the molecule is Cc1csc(CC(=O)N2CCN(C(=O)COc3ccc(Cl)c4ccccc34)CC2)n1. The van der Waals surface area contributed by atoms with E-state index in [0.717, 1.165) is 21.5 Å². The highest BCUT2D eigenvalue weighted by Gasteiger charge is 2.25. The first-order valence-electron chi connectivity index (χ1n) is 9.78. The highest BCUT2D eigenvalue weighted by molar-refractivity contribution is 7.09. The van der Waals surface area contributed by atoms with Crippen molar-refractivity contribution in [2.45, 2.75) is 13.3 Å². The van der Waals surface area contributed by atoms with Crippen LogP contribution in [0.25, 0.3) is 10.8 Å².